The zero-order chi connectivity index (χ0) is 9.14. The SMILES string of the molecule is CCC(O)C[n+]1ccn(C)c1C. The van der Waals surface area contributed by atoms with E-state index >= 15 is 0 Å². The minimum atomic E-state index is -0.226. The van der Waals surface area contributed by atoms with Crippen LogP contribution in [-0.2, 0) is 13.6 Å². The maximum absolute atomic E-state index is 9.41. The molecule has 1 rings (SSSR count). The van der Waals surface area contributed by atoms with Crippen molar-refractivity contribution in [1.29, 1.82) is 0 Å². The van der Waals surface area contributed by atoms with Crippen LogP contribution in [0.3, 0.4) is 0 Å². The van der Waals surface area contributed by atoms with Crippen LogP contribution < -0.4 is 4.57 Å². The van der Waals surface area contributed by atoms with Crippen LogP contribution in [0.4, 0.5) is 0 Å². The summed E-state index contributed by atoms with van der Waals surface area (Å²) in [6.45, 7) is 4.73. The van der Waals surface area contributed by atoms with Gasteiger partial charge in [-0.2, -0.15) is 0 Å². The Labute approximate surface area is 73.3 Å². The topological polar surface area (TPSA) is 29.0 Å². The van der Waals surface area contributed by atoms with Crippen molar-refractivity contribution in [2.45, 2.75) is 32.9 Å². The smallest absolute Gasteiger partial charge is 0.253 e. The van der Waals surface area contributed by atoms with Gasteiger partial charge in [0.15, 0.2) is 0 Å². The lowest BCUT2D eigenvalue weighted by atomic mass is 10.3. The van der Waals surface area contributed by atoms with E-state index in [9.17, 15) is 5.11 Å². The van der Waals surface area contributed by atoms with Crippen molar-refractivity contribution in [3.05, 3.63) is 18.2 Å². The van der Waals surface area contributed by atoms with Gasteiger partial charge in [0, 0.05) is 6.92 Å². The van der Waals surface area contributed by atoms with Crippen molar-refractivity contribution in [2.24, 2.45) is 7.05 Å². The molecule has 0 aliphatic carbocycles. The van der Waals surface area contributed by atoms with Crippen LogP contribution >= 0.6 is 0 Å². The highest BCUT2D eigenvalue weighted by atomic mass is 16.3. The number of aliphatic hydroxyl groups is 1. The maximum atomic E-state index is 9.41. The molecular formula is C9H17N2O+. The van der Waals surface area contributed by atoms with Crippen LogP contribution in [0.1, 0.15) is 19.2 Å². The van der Waals surface area contributed by atoms with Gasteiger partial charge in [0.05, 0.1) is 13.2 Å². The number of hydrogen-bond donors (Lipinski definition) is 1. The Balaban J connectivity index is 2.69. The van der Waals surface area contributed by atoms with Crippen molar-refractivity contribution >= 4 is 0 Å². The Morgan fingerprint density at radius 3 is 2.75 bits per heavy atom. The lowest BCUT2D eigenvalue weighted by Gasteiger charge is -2.04. The van der Waals surface area contributed by atoms with Gasteiger partial charge in [-0.3, -0.25) is 0 Å². The molecule has 0 bridgehead atoms. The molecule has 12 heavy (non-hydrogen) atoms. The van der Waals surface area contributed by atoms with Crippen molar-refractivity contribution < 1.29 is 9.67 Å². The van der Waals surface area contributed by atoms with Gasteiger partial charge >= 0.3 is 0 Å². The molecule has 3 nitrogen and oxygen atoms in total. The minimum Gasteiger partial charge on any atom is -0.389 e. The summed E-state index contributed by atoms with van der Waals surface area (Å²) in [6, 6.07) is 0. The number of aromatic nitrogens is 2. The Kier molecular flexibility index (Phi) is 2.87. The summed E-state index contributed by atoms with van der Waals surface area (Å²) in [5.41, 5.74) is 0. The lowest BCUT2D eigenvalue weighted by molar-refractivity contribution is -0.708. The number of hydrogen-bond acceptors (Lipinski definition) is 1. The van der Waals surface area contributed by atoms with Crippen LogP contribution in [0, 0.1) is 6.92 Å². The molecule has 0 saturated carbocycles. The number of imidazole rings is 1. The van der Waals surface area contributed by atoms with Gasteiger partial charge in [0.25, 0.3) is 5.82 Å². The third kappa shape index (κ3) is 1.85. The van der Waals surface area contributed by atoms with Gasteiger partial charge in [0.1, 0.15) is 18.9 Å². The van der Waals surface area contributed by atoms with Crippen molar-refractivity contribution in [3.8, 4) is 0 Å². The zero-order valence-electron chi connectivity index (χ0n) is 7.99. The Morgan fingerprint density at radius 2 is 2.33 bits per heavy atom. The van der Waals surface area contributed by atoms with E-state index in [1.54, 1.807) is 0 Å². The van der Waals surface area contributed by atoms with Gasteiger partial charge in [-0.25, -0.2) is 9.13 Å². The van der Waals surface area contributed by atoms with E-state index in [2.05, 4.69) is 4.57 Å². The molecule has 0 fully saturated rings. The average Bonchev–Trinajstić information content (AvgIpc) is 2.36. The van der Waals surface area contributed by atoms with Gasteiger partial charge in [-0.05, 0) is 6.42 Å². The Morgan fingerprint density at radius 1 is 1.67 bits per heavy atom. The summed E-state index contributed by atoms with van der Waals surface area (Å²) in [6.07, 6.45) is 4.57. The summed E-state index contributed by atoms with van der Waals surface area (Å²) in [5, 5.41) is 9.41. The number of rotatable bonds is 3. The van der Waals surface area contributed by atoms with Gasteiger partial charge in [-0.1, -0.05) is 6.92 Å². The van der Waals surface area contributed by atoms with Gasteiger partial charge in [-0.15, -0.1) is 0 Å². The molecular weight excluding hydrogens is 152 g/mol. The highest BCUT2D eigenvalue weighted by Crippen LogP contribution is 1.93. The fourth-order valence-corrected chi connectivity index (χ4v) is 1.15. The van der Waals surface area contributed by atoms with E-state index in [1.807, 2.05) is 37.9 Å². The first-order chi connectivity index (χ1) is 5.65. The molecule has 0 aliphatic heterocycles. The molecule has 0 radical (unpaired) electrons. The van der Waals surface area contributed by atoms with E-state index in [4.69, 9.17) is 0 Å². The molecule has 1 aromatic rings. The minimum absolute atomic E-state index is 0.226. The molecule has 68 valence electrons. The number of aryl methyl sites for hydroxylation is 1. The summed E-state index contributed by atoms with van der Waals surface area (Å²) in [4.78, 5) is 0. The third-order valence-corrected chi connectivity index (χ3v) is 2.28. The third-order valence-electron chi connectivity index (χ3n) is 2.28. The van der Waals surface area contributed by atoms with Crippen LogP contribution in [0.2, 0.25) is 0 Å². The van der Waals surface area contributed by atoms with E-state index in [-0.39, 0.29) is 6.10 Å². The van der Waals surface area contributed by atoms with E-state index in [0.717, 1.165) is 6.42 Å². The molecule has 0 aliphatic rings. The summed E-state index contributed by atoms with van der Waals surface area (Å²) in [5.74, 6) is 1.17. The molecule has 0 aromatic carbocycles. The molecule has 0 saturated heterocycles. The second kappa shape index (κ2) is 3.72. The number of aliphatic hydroxyl groups excluding tert-OH is 1. The van der Waals surface area contributed by atoms with Crippen LogP contribution in [0.15, 0.2) is 12.4 Å². The molecule has 1 unspecified atom stereocenters. The van der Waals surface area contributed by atoms with Crippen LogP contribution in [0.25, 0.3) is 0 Å². The largest absolute Gasteiger partial charge is 0.389 e. The van der Waals surface area contributed by atoms with E-state index in [0.29, 0.717) is 6.54 Å². The molecule has 3 heteroatoms. The van der Waals surface area contributed by atoms with Crippen LogP contribution in [-0.4, -0.2) is 15.8 Å². The van der Waals surface area contributed by atoms with Gasteiger partial charge < -0.3 is 5.11 Å². The predicted octanol–water partition coefficient (Wildman–Crippen LogP) is 0.392. The fourth-order valence-electron chi connectivity index (χ4n) is 1.15. The lowest BCUT2D eigenvalue weighted by Crippen LogP contribution is -2.40. The summed E-state index contributed by atoms with van der Waals surface area (Å²) >= 11 is 0. The maximum Gasteiger partial charge on any atom is 0.253 e. The number of nitrogens with zero attached hydrogens (tertiary/aromatic N) is 2. The monoisotopic (exact) mass is 169 g/mol. The molecule has 1 heterocycles. The van der Waals surface area contributed by atoms with Crippen LogP contribution in [0.5, 0.6) is 0 Å². The van der Waals surface area contributed by atoms with Crippen molar-refractivity contribution in [2.75, 3.05) is 0 Å². The predicted molar refractivity (Wildman–Crippen MR) is 46.6 cm³/mol. The highest BCUT2D eigenvalue weighted by Gasteiger charge is 2.11. The Bertz CT molecular complexity index is 255. The second-order valence-electron chi connectivity index (χ2n) is 3.17. The molecule has 1 aromatic heterocycles. The van der Waals surface area contributed by atoms with E-state index < -0.39 is 0 Å². The summed E-state index contributed by atoms with van der Waals surface area (Å²) in [7, 11) is 2.00. The highest BCUT2D eigenvalue weighted by molar-refractivity contribution is 4.76. The second-order valence-corrected chi connectivity index (χ2v) is 3.17. The van der Waals surface area contributed by atoms with Crippen molar-refractivity contribution in [3.63, 3.8) is 0 Å². The fraction of sp³-hybridized carbons (Fsp3) is 0.667. The first-order valence-electron chi connectivity index (χ1n) is 4.34. The quantitative estimate of drug-likeness (QED) is 0.652. The first-order valence-corrected chi connectivity index (χ1v) is 4.34. The van der Waals surface area contributed by atoms with E-state index in [1.165, 1.54) is 5.82 Å². The Hall–Kier alpha value is -0.830. The molecule has 0 amide bonds. The first kappa shape index (κ1) is 9.26. The zero-order valence-corrected chi connectivity index (χ0v) is 7.99. The normalized spacial score (nSPS) is 13.3. The van der Waals surface area contributed by atoms with Crippen molar-refractivity contribution in [1.82, 2.24) is 4.57 Å². The summed E-state index contributed by atoms with van der Waals surface area (Å²) < 4.78 is 4.11. The molecule has 0 spiro atoms. The molecule has 1 N–H and O–H groups in total. The molecule has 1 atom stereocenters. The average molecular weight is 169 g/mol. The standard InChI is InChI=1S/C9H17N2O/c1-4-9(12)7-11-6-5-10(3)8(11)2/h5-6,9,12H,4,7H2,1-3H3/q+1. The van der Waals surface area contributed by atoms with Gasteiger partial charge in [0.2, 0.25) is 0 Å².